The highest BCUT2D eigenvalue weighted by Crippen LogP contribution is 2.14. The highest BCUT2D eigenvalue weighted by molar-refractivity contribution is 5.72. The molecule has 0 spiro atoms. The van der Waals surface area contributed by atoms with Crippen molar-refractivity contribution in [2.24, 2.45) is 0 Å². The third-order valence-corrected chi connectivity index (χ3v) is 5.88. The van der Waals surface area contributed by atoms with Crippen LogP contribution in [-0.4, -0.2) is 24.4 Å². The number of carbonyl (C=O) groups is 1. The lowest BCUT2D eigenvalue weighted by molar-refractivity contribution is -0.127. The summed E-state index contributed by atoms with van der Waals surface area (Å²) in [5.41, 5.74) is 0. The molecule has 0 radical (unpaired) electrons. The fraction of sp³-hybridized carbons (Fsp3) is 0.960. The van der Waals surface area contributed by atoms with Crippen LogP contribution in [0.3, 0.4) is 0 Å². The number of rotatable bonds is 21. The van der Waals surface area contributed by atoms with Crippen LogP contribution in [0.25, 0.3) is 0 Å². The van der Waals surface area contributed by atoms with Crippen LogP contribution in [0.4, 0.5) is 0 Å². The van der Waals surface area contributed by atoms with Crippen LogP contribution in [-0.2, 0) is 4.79 Å². The lowest BCUT2D eigenvalue weighted by Crippen LogP contribution is -2.24. The Balaban J connectivity index is 3.04. The van der Waals surface area contributed by atoms with Crippen LogP contribution >= 0.6 is 0 Å². The molecule has 0 saturated heterocycles. The third kappa shape index (κ3) is 21.6. The Hall–Kier alpha value is -0.530. The largest absolute Gasteiger partial charge is 0.346 e. The quantitative estimate of drug-likeness (QED) is 0.183. The van der Waals surface area contributed by atoms with Gasteiger partial charge in [-0.05, 0) is 6.42 Å². The minimum absolute atomic E-state index is 0.188. The minimum atomic E-state index is 0.188. The number of amides is 1. The lowest BCUT2D eigenvalue weighted by atomic mass is 10.0. The predicted octanol–water partition coefficient (Wildman–Crippen LogP) is 8.29. The highest BCUT2D eigenvalue weighted by Gasteiger charge is 2.00. The van der Waals surface area contributed by atoms with E-state index in [1.807, 2.05) is 11.9 Å². The van der Waals surface area contributed by atoms with Crippen molar-refractivity contribution in [1.82, 2.24) is 4.90 Å². The van der Waals surface area contributed by atoms with E-state index in [0.29, 0.717) is 0 Å². The van der Waals surface area contributed by atoms with Gasteiger partial charge in [-0.15, -0.1) is 0 Å². The second-order valence-electron chi connectivity index (χ2n) is 8.66. The Kier molecular flexibility index (Phi) is 21.3. The molecule has 0 saturated carbocycles. The van der Waals surface area contributed by atoms with Crippen molar-refractivity contribution in [3.8, 4) is 0 Å². The van der Waals surface area contributed by atoms with Crippen LogP contribution in [0, 0.1) is 0 Å². The maximum atomic E-state index is 11.1. The van der Waals surface area contributed by atoms with Crippen molar-refractivity contribution < 1.29 is 4.79 Å². The molecule has 0 unspecified atom stereocenters. The first-order valence-corrected chi connectivity index (χ1v) is 12.4. The number of hydrogen-bond acceptors (Lipinski definition) is 1. The van der Waals surface area contributed by atoms with Crippen molar-refractivity contribution in [2.45, 2.75) is 142 Å². The van der Waals surface area contributed by atoms with Crippen molar-refractivity contribution in [1.29, 1.82) is 0 Å². The molecule has 0 aliphatic carbocycles. The van der Waals surface area contributed by atoms with E-state index in [1.165, 1.54) is 122 Å². The first-order chi connectivity index (χ1) is 13.2. The molecular weight excluding hydrogens is 330 g/mol. The Morgan fingerprint density at radius 2 is 0.778 bits per heavy atom. The molecule has 1 amide bonds. The number of hydrogen-bond donors (Lipinski definition) is 0. The summed E-state index contributed by atoms with van der Waals surface area (Å²) in [6.07, 6.45) is 28.3. The average molecular weight is 382 g/mol. The molecule has 0 N–H and O–H groups in total. The van der Waals surface area contributed by atoms with E-state index in [4.69, 9.17) is 0 Å². The first kappa shape index (κ1) is 26.5. The summed E-state index contributed by atoms with van der Waals surface area (Å²) >= 11 is 0. The molecule has 0 aliphatic rings. The maximum absolute atomic E-state index is 11.1. The molecule has 0 heterocycles. The predicted molar refractivity (Wildman–Crippen MR) is 121 cm³/mol. The van der Waals surface area contributed by atoms with Crippen LogP contribution in [0.2, 0.25) is 0 Å². The van der Waals surface area contributed by atoms with Gasteiger partial charge in [0.05, 0.1) is 0 Å². The Labute approximate surface area is 171 Å². The Morgan fingerprint density at radius 3 is 1.04 bits per heavy atom. The molecule has 0 fully saturated rings. The zero-order chi connectivity index (χ0) is 20.0. The van der Waals surface area contributed by atoms with Crippen molar-refractivity contribution in [3.05, 3.63) is 0 Å². The topological polar surface area (TPSA) is 20.3 Å². The van der Waals surface area contributed by atoms with E-state index in [0.717, 1.165) is 13.0 Å². The summed E-state index contributed by atoms with van der Waals surface area (Å²) in [4.78, 5) is 12.9. The van der Waals surface area contributed by atoms with Gasteiger partial charge in [0.2, 0.25) is 5.91 Å². The van der Waals surface area contributed by atoms with Crippen molar-refractivity contribution >= 4 is 5.91 Å². The lowest BCUT2D eigenvalue weighted by Gasteiger charge is -2.13. The molecule has 0 bridgehead atoms. The van der Waals surface area contributed by atoms with Crippen LogP contribution in [0.1, 0.15) is 142 Å². The van der Waals surface area contributed by atoms with Gasteiger partial charge >= 0.3 is 0 Å². The monoisotopic (exact) mass is 381 g/mol. The zero-order valence-corrected chi connectivity index (χ0v) is 19.2. The van der Waals surface area contributed by atoms with E-state index in [2.05, 4.69) is 6.92 Å². The Bertz CT molecular complexity index is 303. The van der Waals surface area contributed by atoms with Gasteiger partial charge in [-0.3, -0.25) is 4.79 Å². The fourth-order valence-electron chi connectivity index (χ4n) is 3.76. The molecule has 0 aromatic heterocycles. The molecule has 2 nitrogen and oxygen atoms in total. The van der Waals surface area contributed by atoms with Crippen LogP contribution in [0.15, 0.2) is 0 Å². The van der Waals surface area contributed by atoms with Gasteiger partial charge in [-0.2, -0.15) is 0 Å². The van der Waals surface area contributed by atoms with Gasteiger partial charge in [0, 0.05) is 20.5 Å². The summed E-state index contributed by atoms with van der Waals surface area (Å²) in [6.45, 7) is 4.87. The van der Waals surface area contributed by atoms with E-state index >= 15 is 0 Å². The van der Waals surface area contributed by atoms with E-state index < -0.39 is 0 Å². The molecule has 0 atom stereocenters. The second kappa shape index (κ2) is 21.8. The number of unbranched alkanes of at least 4 members (excludes halogenated alkanes) is 19. The molecule has 2 heteroatoms. The molecule has 0 aliphatic heterocycles. The van der Waals surface area contributed by atoms with Crippen LogP contribution in [0.5, 0.6) is 0 Å². The number of nitrogens with zero attached hydrogens (tertiary/aromatic N) is 1. The summed E-state index contributed by atoms with van der Waals surface area (Å²) in [5, 5.41) is 0. The van der Waals surface area contributed by atoms with Gasteiger partial charge in [0.1, 0.15) is 0 Å². The summed E-state index contributed by atoms with van der Waals surface area (Å²) in [7, 11) is 1.90. The SMILES string of the molecule is CCCCCCCCCCCCCCCCCCCCCCN(C)C(C)=O. The van der Waals surface area contributed by atoms with Crippen LogP contribution < -0.4 is 0 Å². The highest BCUT2D eigenvalue weighted by atomic mass is 16.2. The molecule has 0 rings (SSSR count). The molecule has 0 aromatic rings. The van der Waals surface area contributed by atoms with Gasteiger partial charge < -0.3 is 4.90 Å². The standard InChI is InChI=1S/C25H51NO/c1-4-5-6-7-8-9-10-11-12-13-14-15-16-17-18-19-20-21-22-23-24-26(3)25(2)27/h4-24H2,1-3H3. The molecular formula is C25H51NO. The fourth-order valence-corrected chi connectivity index (χ4v) is 3.76. The maximum Gasteiger partial charge on any atom is 0.219 e. The Morgan fingerprint density at radius 1 is 0.519 bits per heavy atom. The second-order valence-corrected chi connectivity index (χ2v) is 8.66. The van der Waals surface area contributed by atoms with Gasteiger partial charge in [0.15, 0.2) is 0 Å². The van der Waals surface area contributed by atoms with E-state index in [9.17, 15) is 4.79 Å². The summed E-state index contributed by atoms with van der Waals surface area (Å²) in [5.74, 6) is 0.188. The zero-order valence-electron chi connectivity index (χ0n) is 19.2. The molecule has 0 aromatic carbocycles. The molecule has 27 heavy (non-hydrogen) atoms. The average Bonchev–Trinajstić information content (AvgIpc) is 2.66. The van der Waals surface area contributed by atoms with Crippen molar-refractivity contribution in [3.63, 3.8) is 0 Å². The normalized spacial score (nSPS) is 11.1. The number of carbonyl (C=O) groups excluding carboxylic acids is 1. The summed E-state index contributed by atoms with van der Waals surface area (Å²) < 4.78 is 0. The van der Waals surface area contributed by atoms with Gasteiger partial charge in [0.25, 0.3) is 0 Å². The molecule has 162 valence electrons. The first-order valence-electron chi connectivity index (χ1n) is 12.4. The van der Waals surface area contributed by atoms with Gasteiger partial charge in [-0.1, -0.05) is 129 Å². The minimum Gasteiger partial charge on any atom is -0.346 e. The third-order valence-electron chi connectivity index (χ3n) is 5.88. The van der Waals surface area contributed by atoms with Gasteiger partial charge in [-0.25, -0.2) is 0 Å². The van der Waals surface area contributed by atoms with E-state index in [-0.39, 0.29) is 5.91 Å². The summed E-state index contributed by atoms with van der Waals surface area (Å²) in [6, 6.07) is 0. The smallest absolute Gasteiger partial charge is 0.219 e. The van der Waals surface area contributed by atoms with Crippen molar-refractivity contribution in [2.75, 3.05) is 13.6 Å². The van der Waals surface area contributed by atoms with E-state index in [1.54, 1.807) is 6.92 Å².